The van der Waals surface area contributed by atoms with Gasteiger partial charge in [-0.3, -0.25) is 0 Å². The molecule has 0 bridgehead atoms. The van der Waals surface area contributed by atoms with E-state index in [4.69, 9.17) is 6.42 Å². The molecule has 0 radical (unpaired) electrons. The van der Waals surface area contributed by atoms with Gasteiger partial charge in [-0.1, -0.05) is 25.8 Å². The molecule has 0 aromatic heterocycles. The molecule has 0 heteroatoms. The Morgan fingerprint density at radius 2 is 2.07 bits per heavy atom. The zero-order valence-corrected chi connectivity index (χ0v) is 9.85. The first-order valence-electron chi connectivity index (χ1n) is 5.65. The molecule has 0 spiro atoms. The Morgan fingerprint density at radius 1 is 1.33 bits per heavy atom. The highest BCUT2D eigenvalue weighted by molar-refractivity contribution is 5.48. The molecule has 1 aromatic carbocycles. The van der Waals surface area contributed by atoms with Gasteiger partial charge in [-0.2, -0.15) is 0 Å². The minimum absolute atomic E-state index is 0.298. The van der Waals surface area contributed by atoms with Crippen LogP contribution in [0.5, 0.6) is 0 Å². The molecule has 0 fully saturated rings. The average molecular weight is 198 g/mol. The van der Waals surface area contributed by atoms with Crippen LogP contribution in [0.2, 0.25) is 0 Å². The molecular weight excluding hydrogens is 180 g/mol. The monoisotopic (exact) mass is 198 g/mol. The zero-order chi connectivity index (χ0) is 11.1. The van der Waals surface area contributed by atoms with E-state index in [2.05, 4.69) is 38.8 Å². The summed E-state index contributed by atoms with van der Waals surface area (Å²) in [5, 5.41) is 0. The first-order valence-corrected chi connectivity index (χ1v) is 5.65. The van der Waals surface area contributed by atoms with Gasteiger partial charge in [0.25, 0.3) is 0 Å². The van der Waals surface area contributed by atoms with Crippen LogP contribution >= 0.6 is 0 Å². The van der Waals surface area contributed by atoms with Gasteiger partial charge in [0.2, 0.25) is 0 Å². The van der Waals surface area contributed by atoms with E-state index in [-0.39, 0.29) is 0 Å². The van der Waals surface area contributed by atoms with Gasteiger partial charge in [-0.15, -0.1) is 6.42 Å². The highest BCUT2D eigenvalue weighted by Gasteiger charge is 2.27. The summed E-state index contributed by atoms with van der Waals surface area (Å²) >= 11 is 0. The van der Waals surface area contributed by atoms with E-state index in [1.807, 2.05) is 0 Å². The summed E-state index contributed by atoms with van der Waals surface area (Å²) in [6.07, 6.45) is 9.31. The van der Waals surface area contributed by atoms with Crippen LogP contribution in [0.4, 0.5) is 0 Å². The number of aryl methyl sites for hydroxylation is 2. The normalized spacial score (nSPS) is 18.0. The Morgan fingerprint density at radius 3 is 2.73 bits per heavy atom. The molecule has 0 unspecified atom stereocenters. The first kappa shape index (κ1) is 10.3. The second-order valence-electron chi connectivity index (χ2n) is 5.21. The largest absolute Gasteiger partial charge is 0.115 e. The van der Waals surface area contributed by atoms with Gasteiger partial charge in [-0.05, 0) is 54.4 Å². The fourth-order valence-electron chi connectivity index (χ4n) is 2.62. The van der Waals surface area contributed by atoms with Gasteiger partial charge in [0.15, 0.2) is 0 Å². The SMILES string of the molecule is C#Cc1cc2c(cc1C)CCCC2(C)C. The van der Waals surface area contributed by atoms with Crippen LogP contribution in [0, 0.1) is 19.3 Å². The number of hydrogen-bond donors (Lipinski definition) is 0. The predicted molar refractivity (Wildman–Crippen MR) is 65.1 cm³/mol. The summed E-state index contributed by atoms with van der Waals surface area (Å²) in [5.41, 5.74) is 5.57. The van der Waals surface area contributed by atoms with E-state index in [0.717, 1.165) is 5.56 Å². The molecule has 2 rings (SSSR count). The Kier molecular flexibility index (Phi) is 2.35. The third kappa shape index (κ3) is 1.67. The summed E-state index contributed by atoms with van der Waals surface area (Å²) in [7, 11) is 0. The van der Waals surface area contributed by atoms with Crippen LogP contribution < -0.4 is 0 Å². The molecule has 0 amide bonds. The summed E-state index contributed by atoms with van der Waals surface area (Å²) < 4.78 is 0. The van der Waals surface area contributed by atoms with Gasteiger partial charge >= 0.3 is 0 Å². The summed E-state index contributed by atoms with van der Waals surface area (Å²) in [6, 6.07) is 4.51. The van der Waals surface area contributed by atoms with Crippen molar-refractivity contribution in [1.29, 1.82) is 0 Å². The van der Waals surface area contributed by atoms with Crippen LogP contribution in [-0.2, 0) is 11.8 Å². The summed E-state index contributed by atoms with van der Waals surface area (Å²) in [5.74, 6) is 2.78. The fraction of sp³-hybridized carbons (Fsp3) is 0.467. The number of benzene rings is 1. The maximum absolute atomic E-state index is 5.52. The number of terminal acetylenes is 1. The third-order valence-electron chi connectivity index (χ3n) is 3.58. The predicted octanol–water partition coefficient (Wildman–Crippen LogP) is 3.59. The van der Waals surface area contributed by atoms with E-state index in [1.54, 1.807) is 0 Å². The van der Waals surface area contributed by atoms with Crippen molar-refractivity contribution < 1.29 is 0 Å². The lowest BCUT2D eigenvalue weighted by Gasteiger charge is -2.33. The van der Waals surface area contributed by atoms with E-state index in [9.17, 15) is 0 Å². The van der Waals surface area contributed by atoms with Crippen LogP contribution in [-0.4, -0.2) is 0 Å². The topological polar surface area (TPSA) is 0 Å². The lowest BCUT2D eigenvalue weighted by atomic mass is 9.72. The van der Waals surface area contributed by atoms with Crippen molar-refractivity contribution in [3.05, 3.63) is 34.4 Å². The Bertz CT molecular complexity index is 430. The van der Waals surface area contributed by atoms with E-state index in [1.165, 1.54) is 36.0 Å². The van der Waals surface area contributed by atoms with Crippen LogP contribution in [0.3, 0.4) is 0 Å². The Labute approximate surface area is 92.7 Å². The van der Waals surface area contributed by atoms with E-state index in [0.29, 0.717) is 5.41 Å². The third-order valence-corrected chi connectivity index (χ3v) is 3.58. The molecule has 0 N–H and O–H groups in total. The van der Waals surface area contributed by atoms with Crippen molar-refractivity contribution in [2.75, 3.05) is 0 Å². The first-order chi connectivity index (χ1) is 7.04. The maximum Gasteiger partial charge on any atom is 0.0274 e. The molecule has 0 heterocycles. The summed E-state index contributed by atoms with van der Waals surface area (Å²) in [6.45, 7) is 6.75. The quantitative estimate of drug-likeness (QED) is 0.559. The lowest BCUT2D eigenvalue weighted by Crippen LogP contribution is -2.24. The van der Waals surface area contributed by atoms with Gasteiger partial charge in [0, 0.05) is 5.56 Å². The van der Waals surface area contributed by atoms with E-state index >= 15 is 0 Å². The molecule has 1 aliphatic rings. The van der Waals surface area contributed by atoms with Crippen molar-refractivity contribution in [3.63, 3.8) is 0 Å². The number of fused-ring (bicyclic) bond motifs is 1. The smallest absolute Gasteiger partial charge is 0.0274 e. The second kappa shape index (κ2) is 3.42. The molecule has 15 heavy (non-hydrogen) atoms. The molecule has 78 valence electrons. The average Bonchev–Trinajstić information content (AvgIpc) is 2.16. The zero-order valence-electron chi connectivity index (χ0n) is 9.85. The molecular formula is C15H18. The molecule has 1 aromatic rings. The minimum atomic E-state index is 0.298. The van der Waals surface area contributed by atoms with E-state index < -0.39 is 0 Å². The van der Waals surface area contributed by atoms with Gasteiger partial charge in [0.05, 0.1) is 0 Å². The molecule has 0 saturated carbocycles. The fourth-order valence-corrected chi connectivity index (χ4v) is 2.62. The van der Waals surface area contributed by atoms with Crippen molar-refractivity contribution in [2.45, 2.75) is 45.4 Å². The lowest BCUT2D eigenvalue weighted by molar-refractivity contribution is 0.431. The van der Waals surface area contributed by atoms with Crippen molar-refractivity contribution in [2.24, 2.45) is 0 Å². The Hall–Kier alpha value is -1.22. The highest BCUT2D eigenvalue weighted by Crippen LogP contribution is 2.37. The molecule has 0 atom stereocenters. The van der Waals surface area contributed by atoms with Gasteiger partial charge in [-0.25, -0.2) is 0 Å². The highest BCUT2D eigenvalue weighted by atomic mass is 14.3. The molecule has 0 saturated heterocycles. The van der Waals surface area contributed by atoms with Gasteiger partial charge in [0.1, 0.15) is 0 Å². The minimum Gasteiger partial charge on any atom is -0.115 e. The maximum atomic E-state index is 5.52. The van der Waals surface area contributed by atoms with Crippen molar-refractivity contribution >= 4 is 0 Å². The van der Waals surface area contributed by atoms with Gasteiger partial charge < -0.3 is 0 Å². The van der Waals surface area contributed by atoms with Crippen molar-refractivity contribution in [3.8, 4) is 12.3 Å². The number of hydrogen-bond acceptors (Lipinski definition) is 0. The van der Waals surface area contributed by atoms with Crippen molar-refractivity contribution in [1.82, 2.24) is 0 Å². The standard InChI is InChI=1S/C15H18/c1-5-12-10-14-13(9-11(12)2)7-6-8-15(14,3)4/h1,9-10H,6-8H2,2-4H3. The Balaban J connectivity index is 2.63. The second-order valence-corrected chi connectivity index (χ2v) is 5.21. The number of rotatable bonds is 0. The summed E-state index contributed by atoms with van der Waals surface area (Å²) in [4.78, 5) is 0. The van der Waals surface area contributed by atoms with Crippen LogP contribution in [0.1, 0.15) is 48.9 Å². The van der Waals surface area contributed by atoms with Crippen LogP contribution in [0.15, 0.2) is 12.1 Å². The molecule has 0 aliphatic heterocycles. The molecule has 1 aliphatic carbocycles. The van der Waals surface area contributed by atoms with Crippen LogP contribution in [0.25, 0.3) is 0 Å². The molecule has 0 nitrogen and oxygen atoms in total.